The molecule has 12 heteroatoms. The molecule has 1 unspecified atom stereocenters. The van der Waals surface area contributed by atoms with Crippen LogP contribution < -0.4 is 19.3 Å². The number of aliphatic hydroxyl groups is 1. The highest BCUT2D eigenvalue weighted by molar-refractivity contribution is 8.00. The number of aliphatic hydroxyl groups excluding tert-OH is 1. The number of fused-ring (bicyclic) bond motifs is 1. The van der Waals surface area contributed by atoms with Crippen molar-refractivity contribution in [2.75, 3.05) is 37.1 Å². The van der Waals surface area contributed by atoms with Gasteiger partial charge < -0.3 is 19.5 Å². The van der Waals surface area contributed by atoms with Gasteiger partial charge in [-0.25, -0.2) is 4.39 Å². The van der Waals surface area contributed by atoms with E-state index < -0.39 is 17.7 Å². The van der Waals surface area contributed by atoms with Crippen LogP contribution in [0.5, 0.6) is 11.5 Å². The van der Waals surface area contributed by atoms with Crippen molar-refractivity contribution in [2.24, 2.45) is 0 Å². The lowest BCUT2D eigenvalue weighted by Crippen LogP contribution is -2.29. The van der Waals surface area contributed by atoms with Gasteiger partial charge in [0.2, 0.25) is 5.13 Å². The predicted octanol–water partition coefficient (Wildman–Crippen LogP) is 5.43. The van der Waals surface area contributed by atoms with Gasteiger partial charge in [0.25, 0.3) is 5.78 Å². The number of Topliss-reactive ketones (excluding diaryl/α,β-unsaturated/α-hetero) is 1. The number of ketones is 1. The average Bonchev–Trinajstić information content (AvgIpc) is 3.58. The molecule has 0 spiro atoms. The molecular formula is C30H25FN4O5S2. The highest BCUT2D eigenvalue weighted by Crippen LogP contribution is 2.45. The topological polar surface area (TPSA) is 105 Å². The third kappa shape index (κ3) is 5.30. The van der Waals surface area contributed by atoms with Gasteiger partial charge in [-0.3, -0.25) is 14.5 Å². The van der Waals surface area contributed by atoms with Crippen LogP contribution in [0.25, 0.3) is 5.76 Å². The summed E-state index contributed by atoms with van der Waals surface area (Å²) in [7, 11) is 3.82. The molecule has 4 aromatic rings. The molecule has 0 radical (unpaired) electrons. The molecule has 1 atom stereocenters. The van der Waals surface area contributed by atoms with Gasteiger partial charge in [0.1, 0.15) is 24.8 Å². The summed E-state index contributed by atoms with van der Waals surface area (Å²) in [6, 6.07) is 17.5. The summed E-state index contributed by atoms with van der Waals surface area (Å²) < 4.78 is 25.1. The smallest absolute Gasteiger partial charge is 0.301 e. The Labute approximate surface area is 249 Å². The Hall–Kier alpha value is -4.42. The zero-order chi connectivity index (χ0) is 29.4. The number of ether oxygens (including phenoxy) is 2. The van der Waals surface area contributed by atoms with Crippen molar-refractivity contribution in [1.82, 2.24) is 10.2 Å². The molecule has 1 saturated heterocycles. The van der Waals surface area contributed by atoms with E-state index in [9.17, 15) is 19.1 Å². The molecule has 214 valence electrons. The lowest BCUT2D eigenvalue weighted by atomic mass is 9.95. The molecule has 1 aromatic heterocycles. The van der Waals surface area contributed by atoms with Gasteiger partial charge in [-0.2, -0.15) is 0 Å². The van der Waals surface area contributed by atoms with Crippen LogP contribution in [0.3, 0.4) is 0 Å². The summed E-state index contributed by atoms with van der Waals surface area (Å²) in [6.45, 7) is 0.775. The van der Waals surface area contributed by atoms with Crippen molar-refractivity contribution in [3.63, 3.8) is 0 Å². The van der Waals surface area contributed by atoms with Crippen LogP contribution in [-0.4, -0.2) is 54.3 Å². The van der Waals surface area contributed by atoms with Crippen LogP contribution in [0.15, 0.2) is 76.6 Å². The Kier molecular flexibility index (Phi) is 7.56. The van der Waals surface area contributed by atoms with Gasteiger partial charge >= 0.3 is 5.91 Å². The highest BCUT2D eigenvalue weighted by Gasteiger charge is 2.48. The second-order valence-corrected chi connectivity index (χ2v) is 12.0. The number of thioether (sulfide) groups is 1. The molecule has 2 aliphatic heterocycles. The SMILES string of the molecule is CN(C)c1ccc(C2C(=C(O)c3ccc4c(c3)OCCO4)C(=O)C(=O)N2c2nnc(SCc3ccc(F)cc3)s2)cc1. The van der Waals surface area contributed by atoms with Crippen molar-refractivity contribution < 1.29 is 28.6 Å². The summed E-state index contributed by atoms with van der Waals surface area (Å²) >= 11 is 2.55. The molecule has 1 amide bonds. The number of hydrogen-bond donors (Lipinski definition) is 1. The molecule has 1 fully saturated rings. The van der Waals surface area contributed by atoms with Crippen molar-refractivity contribution in [3.8, 4) is 11.5 Å². The van der Waals surface area contributed by atoms with E-state index >= 15 is 0 Å². The van der Waals surface area contributed by atoms with Crippen LogP contribution in [0.2, 0.25) is 0 Å². The predicted molar refractivity (Wildman–Crippen MR) is 159 cm³/mol. The van der Waals surface area contributed by atoms with E-state index in [4.69, 9.17) is 9.47 Å². The Morgan fingerprint density at radius 3 is 2.45 bits per heavy atom. The number of aromatic nitrogens is 2. The number of anilines is 2. The van der Waals surface area contributed by atoms with Crippen LogP contribution in [0.4, 0.5) is 15.2 Å². The maximum Gasteiger partial charge on any atom is 0.301 e. The molecule has 1 N–H and O–H groups in total. The molecule has 2 aliphatic rings. The molecule has 9 nitrogen and oxygen atoms in total. The average molecular weight is 605 g/mol. The summed E-state index contributed by atoms with van der Waals surface area (Å²) in [5.41, 5.74) is 2.71. The Morgan fingerprint density at radius 2 is 1.74 bits per heavy atom. The van der Waals surface area contributed by atoms with Gasteiger partial charge in [0.05, 0.1) is 11.6 Å². The fourth-order valence-electron chi connectivity index (χ4n) is 4.73. The quantitative estimate of drug-likeness (QED) is 0.0972. The molecule has 3 aromatic carbocycles. The van der Waals surface area contributed by atoms with Crippen molar-refractivity contribution >= 4 is 51.4 Å². The number of benzene rings is 3. The zero-order valence-electron chi connectivity index (χ0n) is 22.6. The van der Waals surface area contributed by atoms with Crippen LogP contribution in [0, 0.1) is 5.82 Å². The normalized spacial score (nSPS) is 17.5. The largest absolute Gasteiger partial charge is 0.507 e. The first-order valence-corrected chi connectivity index (χ1v) is 14.8. The van der Waals surface area contributed by atoms with Gasteiger partial charge in [0, 0.05) is 31.1 Å². The molecule has 6 rings (SSSR count). The minimum atomic E-state index is -0.947. The monoisotopic (exact) mass is 604 g/mol. The van der Waals surface area contributed by atoms with Gasteiger partial charge in [-0.05, 0) is 53.6 Å². The lowest BCUT2D eigenvalue weighted by molar-refractivity contribution is -0.132. The first kappa shape index (κ1) is 27.7. The van der Waals surface area contributed by atoms with Crippen LogP contribution in [-0.2, 0) is 15.3 Å². The summed E-state index contributed by atoms with van der Waals surface area (Å²) in [6.07, 6.45) is 0. The van der Waals surface area contributed by atoms with E-state index in [1.54, 1.807) is 30.3 Å². The minimum Gasteiger partial charge on any atom is -0.507 e. The number of amides is 1. The fraction of sp³-hybridized carbons (Fsp3) is 0.200. The highest BCUT2D eigenvalue weighted by atomic mass is 32.2. The maximum atomic E-state index is 13.5. The minimum absolute atomic E-state index is 0.0648. The van der Waals surface area contributed by atoms with Gasteiger partial charge in [0.15, 0.2) is 15.8 Å². The standard InChI is InChI=1S/C30H25FN4O5S2/c1-34(2)21-10-5-18(6-11-21)25-24(26(36)19-7-12-22-23(15-19)40-14-13-39-22)27(37)28(38)35(25)29-32-33-30(42-29)41-16-17-3-8-20(31)9-4-17/h3-12,15,25,36H,13-14,16H2,1-2H3. The summed E-state index contributed by atoms with van der Waals surface area (Å²) in [5.74, 6) is -0.793. The van der Waals surface area contributed by atoms with E-state index in [1.807, 2.05) is 43.3 Å². The van der Waals surface area contributed by atoms with Crippen LogP contribution in [0.1, 0.15) is 22.7 Å². The summed E-state index contributed by atoms with van der Waals surface area (Å²) in [5, 5.41) is 20.2. The molecule has 0 bridgehead atoms. The number of hydrogen-bond acceptors (Lipinski definition) is 10. The van der Waals surface area contributed by atoms with Crippen molar-refractivity contribution in [3.05, 3.63) is 94.8 Å². The van der Waals surface area contributed by atoms with E-state index in [0.29, 0.717) is 45.9 Å². The Morgan fingerprint density at radius 1 is 1.02 bits per heavy atom. The van der Waals surface area contributed by atoms with Crippen molar-refractivity contribution in [2.45, 2.75) is 16.1 Å². The van der Waals surface area contributed by atoms with E-state index in [1.165, 1.54) is 28.8 Å². The third-order valence-corrected chi connectivity index (χ3v) is 8.99. The molecule has 0 aliphatic carbocycles. The second-order valence-electron chi connectivity index (χ2n) is 9.78. The second kappa shape index (κ2) is 11.5. The van der Waals surface area contributed by atoms with E-state index in [2.05, 4.69) is 10.2 Å². The number of carbonyl (C=O) groups is 2. The number of nitrogens with zero attached hydrogens (tertiary/aromatic N) is 4. The van der Waals surface area contributed by atoms with Crippen LogP contribution >= 0.6 is 23.1 Å². The number of halogens is 1. The fourth-order valence-corrected chi connectivity index (χ4v) is 6.55. The maximum absolute atomic E-state index is 13.5. The number of rotatable bonds is 7. The van der Waals surface area contributed by atoms with E-state index in [0.717, 1.165) is 22.6 Å². The summed E-state index contributed by atoms with van der Waals surface area (Å²) in [4.78, 5) is 30.3. The van der Waals surface area contributed by atoms with Gasteiger partial charge in [-0.1, -0.05) is 47.4 Å². The number of carbonyl (C=O) groups excluding carboxylic acids is 2. The lowest BCUT2D eigenvalue weighted by Gasteiger charge is -2.23. The van der Waals surface area contributed by atoms with Gasteiger partial charge in [-0.15, -0.1) is 10.2 Å². The van der Waals surface area contributed by atoms with E-state index in [-0.39, 0.29) is 22.3 Å². The molecule has 3 heterocycles. The third-order valence-electron chi connectivity index (χ3n) is 6.86. The molecule has 0 saturated carbocycles. The Balaban J connectivity index is 1.39. The first-order valence-electron chi connectivity index (χ1n) is 13.0. The Bertz CT molecular complexity index is 1690. The zero-order valence-corrected chi connectivity index (χ0v) is 24.2. The molecule has 42 heavy (non-hydrogen) atoms. The van der Waals surface area contributed by atoms with Crippen molar-refractivity contribution in [1.29, 1.82) is 0 Å². The first-order chi connectivity index (χ1) is 20.3. The molecular weight excluding hydrogens is 579 g/mol.